The van der Waals surface area contributed by atoms with Crippen LogP contribution in [0.3, 0.4) is 0 Å². The first-order chi connectivity index (χ1) is 8.50. The molecule has 3 N–H and O–H groups in total. The van der Waals surface area contributed by atoms with E-state index in [2.05, 4.69) is 5.10 Å². The molecule has 0 radical (unpaired) electrons. The van der Waals surface area contributed by atoms with Gasteiger partial charge in [0.1, 0.15) is 10.9 Å². The maximum absolute atomic E-state index is 7.63. The summed E-state index contributed by atoms with van der Waals surface area (Å²) in [4.78, 5) is 0.921. The Hall–Kier alpha value is -1.46. The Morgan fingerprint density at radius 3 is 2.72 bits per heavy atom. The lowest BCUT2D eigenvalue weighted by molar-refractivity contribution is 0.692. The molecule has 1 aromatic carbocycles. The Balaban J connectivity index is 2.47. The maximum atomic E-state index is 7.63. The number of nitrogen functional groups attached to an aromatic ring is 1. The molecule has 2 rings (SSSR count). The highest BCUT2D eigenvalue weighted by Crippen LogP contribution is 2.35. The van der Waals surface area contributed by atoms with E-state index in [1.54, 1.807) is 4.68 Å². The first kappa shape index (κ1) is 13.0. The zero-order valence-corrected chi connectivity index (χ0v) is 11.6. The van der Waals surface area contributed by atoms with E-state index in [9.17, 15) is 0 Å². The molecular weight excluding hydrogens is 268 g/mol. The van der Waals surface area contributed by atoms with E-state index in [4.69, 9.17) is 22.7 Å². The molecule has 4 nitrogen and oxygen atoms in total. The van der Waals surface area contributed by atoms with Gasteiger partial charge in [-0.05, 0) is 19.1 Å². The van der Waals surface area contributed by atoms with Gasteiger partial charge in [-0.1, -0.05) is 35.5 Å². The summed E-state index contributed by atoms with van der Waals surface area (Å²) in [6.45, 7) is 1.84. The van der Waals surface area contributed by atoms with E-state index in [-0.39, 0.29) is 5.84 Å². The quantitative estimate of drug-likeness (QED) is 0.671. The minimum absolute atomic E-state index is 0.0233. The van der Waals surface area contributed by atoms with Crippen LogP contribution in [0.25, 0.3) is 0 Å². The number of halogens is 1. The number of nitrogens with two attached hydrogens (primary N) is 1. The van der Waals surface area contributed by atoms with E-state index in [1.807, 2.05) is 38.2 Å². The van der Waals surface area contributed by atoms with Crippen molar-refractivity contribution in [1.29, 1.82) is 5.41 Å². The van der Waals surface area contributed by atoms with Crippen LogP contribution in [0.4, 0.5) is 0 Å². The fraction of sp³-hybridized carbons (Fsp3) is 0.167. The van der Waals surface area contributed by atoms with Crippen LogP contribution in [0.15, 0.2) is 34.2 Å². The van der Waals surface area contributed by atoms with Crippen LogP contribution in [0, 0.1) is 12.3 Å². The number of rotatable bonds is 3. The van der Waals surface area contributed by atoms with E-state index < -0.39 is 0 Å². The van der Waals surface area contributed by atoms with Gasteiger partial charge >= 0.3 is 0 Å². The summed E-state index contributed by atoms with van der Waals surface area (Å²) in [5, 5.41) is 13.4. The van der Waals surface area contributed by atoms with Crippen LogP contribution >= 0.6 is 23.4 Å². The highest BCUT2D eigenvalue weighted by atomic mass is 35.5. The molecule has 0 unspecified atom stereocenters. The van der Waals surface area contributed by atoms with Crippen molar-refractivity contribution in [3.05, 3.63) is 40.5 Å². The molecule has 0 aliphatic rings. The first-order valence-corrected chi connectivity index (χ1v) is 6.50. The number of aromatic nitrogens is 2. The van der Waals surface area contributed by atoms with Gasteiger partial charge < -0.3 is 5.73 Å². The Labute approximate surface area is 115 Å². The number of aryl methyl sites for hydroxylation is 2. The van der Waals surface area contributed by atoms with Crippen LogP contribution in [0.1, 0.15) is 11.3 Å². The molecule has 0 amide bonds. The molecule has 2 aromatic rings. The minimum atomic E-state index is 0.0233. The van der Waals surface area contributed by atoms with Gasteiger partial charge in [-0.15, -0.1) is 0 Å². The zero-order chi connectivity index (χ0) is 13.3. The van der Waals surface area contributed by atoms with E-state index >= 15 is 0 Å². The van der Waals surface area contributed by atoms with E-state index in [0.29, 0.717) is 10.6 Å². The van der Waals surface area contributed by atoms with Gasteiger partial charge in [0.15, 0.2) is 0 Å². The van der Waals surface area contributed by atoms with Crippen LogP contribution < -0.4 is 5.73 Å². The zero-order valence-electron chi connectivity index (χ0n) is 10.1. The smallest absolute Gasteiger partial charge is 0.127 e. The number of benzene rings is 1. The van der Waals surface area contributed by atoms with E-state index in [0.717, 1.165) is 15.6 Å². The summed E-state index contributed by atoms with van der Waals surface area (Å²) < 4.78 is 1.72. The normalized spacial score (nSPS) is 10.6. The van der Waals surface area contributed by atoms with Crippen molar-refractivity contribution in [3.63, 3.8) is 0 Å². The SMILES string of the molecule is Cc1nn(C)c(Sc2ccccc2Cl)c1C(=N)N. The fourth-order valence-corrected chi connectivity index (χ4v) is 3.00. The van der Waals surface area contributed by atoms with E-state index in [1.165, 1.54) is 11.8 Å². The monoisotopic (exact) mass is 280 g/mol. The molecule has 0 aliphatic carbocycles. The van der Waals surface area contributed by atoms with Gasteiger partial charge in [-0.2, -0.15) is 5.10 Å². The van der Waals surface area contributed by atoms with Crippen LogP contribution in [-0.4, -0.2) is 15.6 Å². The molecule has 1 heterocycles. The summed E-state index contributed by atoms with van der Waals surface area (Å²) in [5.41, 5.74) is 7.02. The van der Waals surface area contributed by atoms with Gasteiger partial charge in [0.2, 0.25) is 0 Å². The number of amidine groups is 1. The molecule has 0 saturated heterocycles. The second-order valence-electron chi connectivity index (χ2n) is 3.84. The fourth-order valence-electron chi connectivity index (χ4n) is 1.70. The summed E-state index contributed by atoms with van der Waals surface area (Å²) in [6.07, 6.45) is 0. The molecular formula is C12H13ClN4S. The standard InChI is InChI=1S/C12H13ClN4S/c1-7-10(11(14)15)12(17(2)16-7)18-9-6-4-3-5-8(9)13/h3-6H,1-2H3,(H3,14,15). The lowest BCUT2D eigenvalue weighted by atomic mass is 10.2. The molecule has 0 saturated carbocycles. The van der Waals surface area contributed by atoms with Gasteiger partial charge in [-0.25, -0.2) is 0 Å². The first-order valence-electron chi connectivity index (χ1n) is 5.31. The van der Waals surface area contributed by atoms with Gasteiger partial charge in [-0.3, -0.25) is 10.1 Å². The second-order valence-corrected chi connectivity index (χ2v) is 5.27. The van der Waals surface area contributed by atoms with Crippen LogP contribution in [0.2, 0.25) is 5.02 Å². The predicted octanol–water partition coefficient (Wildman–Crippen LogP) is 2.82. The average Bonchev–Trinajstić information content (AvgIpc) is 2.57. The van der Waals surface area contributed by atoms with Crippen LogP contribution in [0.5, 0.6) is 0 Å². The largest absolute Gasteiger partial charge is 0.384 e. The summed E-state index contributed by atoms with van der Waals surface area (Å²) in [5.74, 6) is 0.0233. The Morgan fingerprint density at radius 1 is 1.44 bits per heavy atom. The molecule has 94 valence electrons. The van der Waals surface area contributed by atoms with Crippen molar-refractivity contribution in [2.75, 3.05) is 0 Å². The Kier molecular flexibility index (Phi) is 3.63. The molecule has 1 aromatic heterocycles. The highest BCUT2D eigenvalue weighted by molar-refractivity contribution is 7.99. The average molecular weight is 281 g/mol. The van der Waals surface area contributed by atoms with Crippen molar-refractivity contribution in [2.45, 2.75) is 16.8 Å². The number of nitrogens with zero attached hydrogens (tertiary/aromatic N) is 2. The summed E-state index contributed by atoms with van der Waals surface area (Å²) in [6, 6.07) is 7.57. The predicted molar refractivity (Wildman–Crippen MR) is 74.5 cm³/mol. The number of hydrogen-bond donors (Lipinski definition) is 2. The van der Waals surface area contributed by atoms with Crippen molar-refractivity contribution < 1.29 is 0 Å². The number of nitrogens with one attached hydrogen (secondary N) is 1. The van der Waals surface area contributed by atoms with Crippen molar-refractivity contribution >= 4 is 29.2 Å². The third kappa shape index (κ3) is 2.37. The summed E-state index contributed by atoms with van der Waals surface area (Å²) in [7, 11) is 1.83. The molecule has 0 bridgehead atoms. The number of hydrogen-bond acceptors (Lipinski definition) is 3. The second kappa shape index (κ2) is 5.04. The Morgan fingerprint density at radius 2 is 2.11 bits per heavy atom. The van der Waals surface area contributed by atoms with Gasteiger partial charge in [0.25, 0.3) is 0 Å². The molecule has 6 heteroatoms. The molecule has 0 fully saturated rings. The van der Waals surface area contributed by atoms with Crippen LogP contribution in [-0.2, 0) is 7.05 Å². The van der Waals surface area contributed by atoms with Gasteiger partial charge in [0, 0.05) is 11.9 Å². The molecule has 0 aliphatic heterocycles. The molecule has 0 spiro atoms. The molecule has 18 heavy (non-hydrogen) atoms. The lowest BCUT2D eigenvalue weighted by Crippen LogP contribution is -2.13. The van der Waals surface area contributed by atoms with Gasteiger partial charge in [0.05, 0.1) is 16.3 Å². The van der Waals surface area contributed by atoms with Crippen molar-refractivity contribution in [1.82, 2.24) is 9.78 Å². The Bertz CT molecular complexity index is 606. The van der Waals surface area contributed by atoms with Crippen molar-refractivity contribution in [2.24, 2.45) is 12.8 Å². The summed E-state index contributed by atoms with van der Waals surface area (Å²) >= 11 is 7.59. The topological polar surface area (TPSA) is 67.7 Å². The molecule has 0 atom stereocenters. The maximum Gasteiger partial charge on any atom is 0.127 e. The third-order valence-electron chi connectivity index (χ3n) is 2.48. The van der Waals surface area contributed by atoms with Crippen molar-refractivity contribution in [3.8, 4) is 0 Å². The minimum Gasteiger partial charge on any atom is -0.384 e. The highest BCUT2D eigenvalue weighted by Gasteiger charge is 2.17. The third-order valence-corrected chi connectivity index (χ3v) is 4.16. The lowest BCUT2D eigenvalue weighted by Gasteiger charge is -2.06.